The molecule has 18 heavy (non-hydrogen) atoms. The Labute approximate surface area is 111 Å². The van der Waals surface area contributed by atoms with E-state index in [9.17, 15) is 9.59 Å². The number of hydrogen-bond acceptors (Lipinski definition) is 3. The van der Waals surface area contributed by atoms with Crippen molar-refractivity contribution in [2.45, 2.75) is 24.0 Å². The van der Waals surface area contributed by atoms with Gasteiger partial charge in [0.25, 0.3) is 0 Å². The molecule has 1 atom stereocenters. The molecule has 1 aromatic carbocycles. The minimum Gasteiger partial charge on any atom is -0.336 e. The Kier molecular flexibility index (Phi) is 3.91. The summed E-state index contributed by atoms with van der Waals surface area (Å²) in [4.78, 5) is 25.8. The molecule has 1 saturated heterocycles. The summed E-state index contributed by atoms with van der Waals surface area (Å²) in [5.74, 6) is -0.129. The first-order valence-corrected chi connectivity index (χ1v) is 6.78. The molecular weight excluding hydrogens is 248 g/mol. The van der Waals surface area contributed by atoms with Gasteiger partial charge in [0.05, 0.1) is 5.25 Å². The summed E-state index contributed by atoms with van der Waals surface area (Å²) < 4.78 is 0. The van der Waals surface area contributed by atoms with Crippen LogP contribution in [-0.4, -0.2) is 35.2 Å². The second kappa shape index (κ2) is 5.44. The van der Waals surface area contributed by atoms with Gasteiger partial charge in [-0.3, -0.25) is 9.69 Å². The Bertz CT molecular complexity index is 459. The SMILES string of the molecule is Cc1ccc(SC(C)C(=O)N2CCNC2=O)cc1. The molecule has 1 aliphatic rings. The minimum absolute atomic E-state index is 0.129. The summed E-state index contributed by atoms with van der Waals surface area (Å²) in [6.07, 6.45) is 0. The van der Waals surface area contributed by atoms with Gasteiger partial charge in [-0.25, -0.2) is 4.79 Å². The molecule has 1 N–H and O–H groups in total. The van der Waals surface area contributed by atoms with Crippen LogP contribution in [0.15, 0.2) is 29.2 Å². The first-order valence-electron chi connectivity index (χ1n) is 5.90. The summed E-state index contributed by atoms with van der Waals surface area (Å²) in [5.41, 5.74) is 1.19. The van der Waals surface area contributed by atoms with E-state index in [4.69, 9.17) is 0 Å². The van der Waals surface area contributed by atoms with Gasteiger partial charge >= 0.3 is 6.03 Å². The van der Waals surface area contributed by atoms with Crippen molar-refractivity contribution >= 4 is 23.7 Å². The number of rotatable bonds is 3. The fraction of sp³-hybridized carbons (Fsp3) is 0.385. The van der Waals surface area contributed by atoms with E-state index in [0.29, 0.717) is 13.1 Å². The second-order valence-electron chi connectivity index (χ2n) is 4.29. The quantitative estimate of drug-likeness (QED) is 0.850. The van der Waals surface area contributed by atoms with Gasteiger partial charge in [-0.2, -0.15) is 0 Å². The zero-order chi connectivity index (χ0) is 13.1. The van der Waals surface area contributed by atoms with E-state index >= 15 is 0 Å². The molecule has 1 unspecified atom stereocenters. The number of carbonyl (C=O) groups excluding carboxylic acids is 2. The first-order chi connectivity index (χ1) is 8.58. The molecule has 0 saturated carbocycles. The minimum atomic E-state index is -0.281. The van der Waals surface area contributed by atoms with Crippen molar-refractivity contribution in [2.75, 3.05) is 13.1 Å². The van der Waals surface area contributed by atoms with E-state index < -0.39 is 0 Å². The maximum atomic E-state index is 12.1. The molecular formula is C13H16N2O2S. The van der Waals surface area contributed by atoms with Crippen LogP contribution in [0.3, 0.4) is 0 Å². The highest BCUT2D eigenvalue weighted by atomic mass is 32.2. The summed E-state index contributed by atoms with van der Waals surface area (Å²) in [7, 11) is 0. The average molecular weight is 264 g/mol. The normalized spacial score (nSPS) is 16.6. The second-order valence-corrected chi connectivity index (χ2v) is 5.71. The molecule has 0 radical (unpaired) electrons. The van der Waals surface area contributed by atoms with Gasteiger partial charge in [-0.05, 0) is 26.0 Å². The Hall–Kier alpha value is -1.49. The molecule has 1 fully saturated rings. The maximum absolute atomic E-state index is 12.1. The fourth-order valence-electron chi connectivity index (χ4n) is 1.77. The van der Waals surface area contributed by atoms with Crippen LogP contribution in [0.1, 0.15) is 12.5 Å². The molecule has 0 aromatic heterocycles. The number of benzene rings is 1. The van der Waals surface area contributed by atoms with E-state index in [-0.39, 0.29) is 17.2 Å². The van der Waals surface area contributed by atoms with Crippen LogP contribution in [0, 0.1) is 6.92 Å². The fourth-order valence-corrected chi connectivity index (χ4v) is 2.70. The number of urea groups is 1. The van der Waals surface area contributed by atoms with E-state index in [1.807, 2.05) is 38.1 Å². The maximum Gasteiger partial charge on any atom is 0.324 e. The number of hydrogen-bond donors (Lipinski definition) is 1. The number of thioether (sulfide) groups is 1. The van der Waals surface area contributed by atoms with E-state index in [0.717, 1.165) is 4.90 Å². The van der Waals surface area contributed by atoms with Crippen molar-refractivity contribution in [3.63, 3.8) is 0 Å². The molecule has 4 nitrogen and oxygen atoms in total. The summed E-state index contributed by atoms with van der Waals surface area (Å²) in [6, 6.07) is 7.74. The van der Waals surface area contributed by atoms with Crippen molar-refractivity contribution < 1.29 is 9.59 Å². The van der Waals surface area contributed by atoms with E-state index in [1.165, 1.54) is 22.2 Å². The predicted octanol–water partition coefficient (Wildman–Crippen LogP) is 2.03. The first kappa shape index (κ1) is 13.0. The average Bonchev–Trinajstić information content (AvgIpc) is 2.77. The summed E-state index contributed by atoms with van der Waals surface area (Å²) in [5, 5.41) is 2.38. The topological polar surface area (TPSA) is 49.4 Å². The van der Waals surface area contributed by atoms with E-state index in [1.54, 1.807) is 0 Å². The number of carbonyl (C=O) groups is 2. The lowest BCUT2D eigenvalue weighted by molar-refractivity contribution is -0.126. The third-order valence-corrected chi connectivity index (χ3v) is 3.90. The van der Waals surface area contributed by atoms with Crippen molar-refractivity contribution in [3.05, 3.63) is 29.8 Å². The molecule has 3 amide bonds. The highest BCUT2D eigenvalue weighted by Crippen LogP contribution is 2.25. The van der Waals surface area contributed by atoms with Crippen LogP contribution in [0.5, 0.6) is 0 Å². The molecule has 1 heterocycles. The Morgan fingerprint density at radius 3 is 2.61 bits per heavy atom. The standard InChI is InChI=1S/C13H16N2O2S/c1-9-3-5-11(6-4-9)18-10(2)12(16)15-8-7-14-13(15)17/h3-6,10H,7-8H2,1-2H3,(H,14,17). The van der Waals surface area contributed by atoms with Gasteiger partial charge in [0.2, 0.25) is 5.91 Å². The molecule has 96 valence electrons. The number of nitrogens with zero attached hydrogens (tertiary/aromatic N) is 1. The van der Waals surface area contributed by atoms with Crippen LogP contribution in [-0.2, 0) is 4.79 Å². The lowest BCUT2D eigenvalue weighted by Crippen LogP contribution is -2.38. The third kappa shape index (κ3) is 2.85. The zero-order valence-electron chi connectivity index (χ0n) is 10.5. The number of imide groups is 1. The van der Waals surface area contributed by atoms with Gasteiger partial charge in [0, 0.05) is 18.0 Å². The number of amides is 3. The Morgan fingerprint density at radius 2 is 2.06 bits per heavy atom. The van der Waals surface area contributed by atoms with Crippen LogP contribution in [0.25, 0.3) is 0 Å². The van der Waals surface area contributed by atoms with Crippen molar-refractivity contribution in [2.24, 2.45) is 0 Å². The molecule has 5 heteroatoms. The van der Waals surface area contributed by atoms with Crippen LogP contribution < -0.4 is 5.32 Å². The Morgan fingerprint density at radius 1 is 1.39 bits per heavy atom. The lowest BCUT2D eigenvalue weighted by atomic mass is 10.2. The van der Waals surface area contributed by atoms with Gasteiger partial charge in [-0.15, -0.1) is 11.8 Å². The largest absolute Gasteiger partial charge is 0.336 e. The third-order valence-electron chi connectivity index (χ3n) is 2.80. The summed E-state index contributed by atoms with van der Waals surface area (Å²) in [6.45, 7) is 4.87. The molecule has 0 bridgehead atoms. The highest BCUT2D eigenvalue weighted by Gasteiger charge is 2.29. The predicted molar refractivity (Wildman–Crippen MR) is 71.6 cm³/mol. The van der Waals surface area contributed by atoms with Crippen molar-refractivity contribution in [3.8, 4) is 0 Å². The van der Waals surface area contributed by atoms with Crippen LogP contribution >= 0.6 is 11.8 Å². The lowest BCUT2D eigenvalue weighted by Gasteiger charge is -2.17. The Balaban J connectivity index is 1.99. The van der Waals surface area contributed by atoms with Crippen molar-refractivity contribution in [1.82, 2.24) is 10.2 Å². The summed E-state index contributed by atoms with van der Waals surface area (Å²) >= 11 is 1.48. The van der Waals surface area contributed by atoms with Crippen LogP contribution in [0.2, 0.25) is 0 Å². The van der Waals surface area contributed by atoms with Crippen LogP contribution in [0.4, 0.5) is 4.79 Å². The van der Waals surface area contributed by atoms with Gasteiger partial charge in [-0.1, -0.05) is 17.7 Å². The number of nitrogens with one attached hydrogen (secondary N) is 1. The van der Waals surface area contributed by atoms with Crippen molar-refractivity contribution in [1.29, 1.82) is 0 Å². The highest BCUT2D eigenvalue weighted by molar-refractivity contribution is 8.00. The molecule has 2 rings (SSSR count). The zero-order valence-corrected chi connectivity index (χ0v) is 11.3. The van der Waals surface area contributed by atoms with Gasteiger partial charge < -0.3 is 5.32 Å². The molecule has 0 aliphatic carbocycles. The smallest absolute Gasteiger partial charge is 0.324 e. The number of aryl methyl sites for hydroxylation is 1. The molecule has 0 spiro atoms. The van der Waals surface area contributed by atoms with E-state index in [2.05, 4.69) is 5.32 Å². The van der Waals surface area contributed by atoms with Gasteiger partial charge in [0.15, 0.2) is 0 Å². The molecule has 1 aromatic rings. The monoisotopic (exact) mass is 264 g/mol. The molecule has 1 aliphatic heterocycles. The van der Waals surface area contributed by atoms with Gasteiger partial charge in [0.1, 0.15) is 0 Å².